The molecule has 0 N–H and O–H groups in total. The van der Waals surface area contributed by atoms with Crippen molar-refractivity contribution in [3.63, 3.8) is 0 Å². The Hall–Kier alpha value is -0.780. The molecule has 1 saturated carbocycles. The average Bonchev–Trinajstić information content (AvgIpc) is 2.75. The van der Waals surface area contributed by atoms with Crippen LogP contribution in [-0.2, 0) is 0 Å². The fourth-order valence-electron chi connectivity index (χ4n) is 5.96. The lowest BCUT2D eigenvalue weighted by atomic mass is 9.71. The molecule has 0 aromatic rings. The van der Waals surface area contributed by atoms with E-state index in [4.69, 9.17) is 0 Å². The highest BCUT2D eigenvalue weighted by atomic mass is 14.3. The summed E-state index contributed by atoms with van der Waals surface area (Å²) in [7, 11) is 0. The molecular formula is C28H46. The lowest BCUT2D eigenvalue weighted by Crippen LogP contribution is -2.23. The van der Waals surface area contributed by atoms with Gasteiger partial charge in [0.2, 0.25) is 0 Å². The van der Waals surface area contributed by atoms with Crippen molar-refractivity contribution in [3.05, 3.63) is 36.5 Å². The van der Waals surface area contributed by atoms with Crippen molar-refractivity contribution >= 4 is 0 Å². The minimum atomic E-state index is 0.696. The molecule has 3 aliphatic carbocycles. The molecule has 1 fully saturated rings. The minimum absolute atomic E-state index is 0.696. The minimum Gasteiger partial charge on any atom is -0.0848 e. The van der Waals surface area contributed by atoms with Gasteiger partial charge in [0.1, 0.15) is 0 Å². The van der Waals surface area contributed by atoms with E-state index in [2.05, 4.69) is 50.3 Å². The first-order valence-electron chi connectivity index (χ1n) is 12.8. The molecule has 3 rings (SSSR count). The van der Waals surface area contributed by atoms with E-state index in [9.17, 15) is 0 Å². The lowest BCUT2D eigenvalue weighted by Gasteiger charge is -2.35. The summed E-state index contributed by atoms with van der Waals surface area (Å²) in [5.41, 5.74) is 0. The third-order valence-corrected chi connectivity index (χ3v) is 7.92. The topological polar surface area (TPSA) is 0 Å². The Kier molecular flexibility index (Phi) is 9.42. The summed E-state index contributed by atoms with van der Waals surface area (Å²) in [6.45, 7) is 4.63. The van der Waals surface area contributed by atoms with Crippen molar-refractivity contribution in [3.8, 4) is 0 Å². The van der Waals surface area contributed by atoms with Gasteiger partial charge in [0.25, 0.3) is 0 Å². The second-order valence-corrected chi connectivity index (χ2v) is 10.1. The molecule has 0 spiro atoms. The maximum absolute atomic E-state index is 2.61. The number of hydrogen-bond donors (Lipinski definition) is 0. The SMILES string of the molecule is CCCCCC1CCC(C2C=CC(/C=C/C3C=CC(CCC)CC3)CC2)CC1. The van der Waals surface area contributed by atoms with E-state index < -0.39 is 0 Å². The van der Waals surface area contributed by atoms with Crippen molar-refractivity contribution < 1.29 is 0 Å². The molecule has 4 unspecified atom stereocenters. The molecule has 4 atom stereocenters. The van der Waals surface area contributed by atoms with Crippen LogP contribution in [0.4, 0.5) is 0 Å². The van der Waals surface area contributed by atoms with Crippen LogP contribution >= 0.6 is 0 Å². The maximum Gasteiger partial charge on any atom is -0.00530 e. The van der Waals surface area contributed by atoms with Gasteiger partial charge < -0.3 is 0 Å². The van der Waals surface area contributed by atoms with E-state index in [1.807, 2.05) is 0 Å². The van der Waals surface area contributed by atoms with Gasteiger partial charge >= 0.3 is 0 Å². The molecule has 0 heterocycles. The normalized spacial score (nSPS) is 36.2. The monoisotopic (exact) mass is 382 g/mol. The van der Waals surface area contributed by atoms with E-state index in [0.29, 0.717) is 11.8 Å². The first kappa shape index (κ1) is 21.9. The quantitative estimate of drug-likeness (QED) is 0.276. The fraction of sp³-hybridized carbons (Fsp3) is 0.786. The predicted molar refractivity (Wildman–Crippen MR) is 124 cm³/mol. The second kappa shape index (κ2) is 12.0. The van der Waals surface area contributed by atoms with E-state index in [1.54, 1.807) is 0 Å². The van der Waals surface area contributed by atoms with Crippen LogP contribution in [-0.4, -0.2) is 0 Å². The van der Waals surface area contributed by atoms with Crippen molar-refractivity contribution in [2.45, 2.75) is 104 Å². The molecule has 0 bridgehead atoms. The molecule has 0 aromatic carbocycles. The summed E-state index contributed by atoms with van der Waals surface area (Å²) in [5.74, 6) is 5.16. The highest BCUT2D eigenvalue weighted by molar-refractivity contribution is 5.12. The van der Waals surface area contributed by atoms with Gasteiger partial charge in [-0.1, -0.05) is 95.2 Å². The van der Waals surface area contributed by atoms with E-state index in [0.717, 1.165) is 23.7 Å². The molecule has 0 nitrogen and oxygen atoms in total. The number of hydrogen-bond acceptors (Lipinski definition) is 0. The Bertz CT molecular complexity index is 502. The van der Waals surface area contributed by atoms with Crippen LogP contribution in [0.1, 0.15) is 104 Å². The molecule has 28 heavy (non-hydrogen) atoms. The van der Waals surface area contributed by atoms with Gasteiger partial charge in [-0.25, -0.2) is 0 Å². The second-order valence-electron chi connectivity index (χ2n) is 10.1. The first-order valence-corrected chi connectivity index (χ1v) is 12.8. The Morgan fingerprint density at radius 3 is 1.93 bits per heavy atom. The third kappa shape index (κ3) is 6.93. The number of unbranched alkanes of at least 4 members (excludes halogenated alkanes) is 2. The highest BCUT2D eigenvalue weighted by Gasteiger charge is 2.27. The van der Waals surface area contributed by atoms with Crippen LogP contribution < -0.4 is 0 Å². The molecule has 0 amide bonds. The molecule has 0 aliphatic heterocycles. The number of allylic oxidation sites excluding steroid dienone is 6. The van der Waals surface area contributed by atoms with Crippen LogP contribution in [0.25, 0.3) is 0 Å². The molecule has 0 heteroatoms. The fourth-order valence-corrected chi connectivity index (χ4v) is 5.96. The predicted octanol–water partition coefficient (Wildman–Crippen LogP) is 8.89. The summed E-state index contributed by atoms with van der Waals surface area (Å²) in [5, 5.41) is 0. The maximum atomic E-state index is 2.61. The van der Waals surface area contributed by atoms with Crippen molar-refractivity contribution in [2.75, 3.05) is 0 Å². The van der Waals surface area contributed by atoms with Crippen LogP contribution in [0.15, 0.2) is 36.5 Å². The van der Waals surface area contributed by atoms with Gasteiger partial charge in [-0.3, -0.25) is 0 Å². The van der Waals surface area contributed by atoms with Gasteiger partial charge in [-0.2, -0.15) is 0 Å². The highest BCUT2D eigenvalue weighted by Crippen LogP contribution is 2.40. The average molecular weight is 383 g/mol. The zero-order valence-corrected chi connectivity index (χ0v) is 18.8. The summed E-state index contributed by atoms with van der Waals surface area (Å²) in [4.78, 5) is 0. The van der Waals surface area contributed by atoms with Crippen molar-refractivity contribution in [1.82, 2.24) is 0 Å². The van der Waals surface area contributed by atoms with Crippen LogP contribution in [0.2, 0.25) is 0 Å². The zero-order valence-electron chi connectivity index (χ0n) is 18.8. The van der Waals surface area contributed by atoms with Crippen molar-refractivity contribution in [1.29, 1.82) is 0 Å². The third-order valence-electron chi connectivity index (χ3n) is 7.92. The molecule has 158 valence electrons. The Morgan fingerprint density at radius 1 is 0.643 bits per heavy atom. The smallest absolute Gasteiger partial charge is 0.00530 e. The summed E-state index contributed by atoms with van der Waals surface area (Å²) in [6, 6.07) is 0. The lowest BCUT2D eigenvalue weighted by molar-refractivity contribution is 0.206. The van der Waals surface area contributed by atoms with E-state index in [-0.39, 0.29) is 0 Å². The molecule has 0 radical (unpaired) electrons. The van der Waals surface area contributed by atoms with Gasteiger partial charge in [-0.05, 0) is 80.5 Å². The number of rotatable bonds is 9. The molecular weight excluding hydrogens is 336 g/mol. The van der Waals surface area contributed by atoms with Crippen LogP contribution in [0.5, 0.6) is 0 Å². The Labute approximate surface area is 176 Å². The zero-order chi connectivity index (χ0) is 19.6. The standard InChI is InChI=1S/C28H46/c1-3-5-6-8-24-15-19-27(20-16-24)28-21-17-26(18-22-28)14-13-25-11-9-23(7-4-2)10-12-25/h9,11,13-14,17,21,23-28H,3-8,10,12,15-16,18-20,22H2,1-2H3/b14-13+. The largest absolute Gasteiger partial charge is 0.0848 e. The summed E-state index contributed by atoms with van der Waals surface area (Å²) < 4.78 is 0. The molecule has 3 aliphatic rings. The van der Waals surface area contributed by atoms with Crippen LogP contribution in [0.3, 0.4) is 0 Å². The van der Waals surface area contributed by atoms with Gasteiger partial charge in [0, 0.05) is 0 Å². The summed E-state index contributed by atoms with van der Waals surface area (Å²) >= 11 is 0. The van der Waals surface area contributed by atoms with Gasteiger partial charge in [-0.15, -0.1) is 0 Å². The van der Waals surface area contributed by atoms with Crippen molar-refractivity contribution in [2.24, 2.45) is 35.5 Å². The van der Waals surface area contributed by atoms with Gasteiger partial charge in [0.05, 0.1) is 0 Å². The Morgan fingerprint density at radius 2 is 1.36 bits per heavy atom. The summed E-state index contributed by atoms with van der Waals surface area (Å²) in [6.07, 6.45) is 35.2. The van der Waals surface area contributed by atoms with E-state index >= 15 is 0 Å². The van der Waals surface area contributed by atoms with Gasteiger partial charge in [0.15, 0.2) is 0 Å². The first-order chi connectivity index (χ1) is 13.8. The Balaban J connectivity index is 1.37. The molecule has 0 aromatic heterocycles. The van der Waals surface area contributed by atoms with E-state index in [1.165, 1.54) is 89.9 Å². The van der Waals surface area contributed by atoms with Crippen LogP contribution in [0, 0.1) is 35.5 Å². The molecule has 0 saturated heterocycles.